The Kier molecular flexibility index (Phi) is 2.95. The summed E-state index contributed by atoms with van der Waals surface area (Å²) >= 11 is 0. The summed E-state index contributed by atoms with van der Waals surface area (Å²) < 4.78 is 3.27. The molecule has 1 N–H and O–H groups in total. The van der Waals surface area contributed by atoms with Crippen molar-refractivity contribution in [3.63, 3.8) is 0 Å². The predicted octanol–water partition coefficient (Wildman–Crippen LogP) is 1.12. The van der Waals surface area contributed by atoms with E-state index in [1.54, 1.807) is 41.8 Å². The topological polar surface area (TPSA) is 64.7 Å². The third-order valence-electron chi connectivity index (χ3n) is 2.47. The number of carbonyl (C=O) groups excluding carboxylic acids is 1. The first-order valence-corrected chi connectivity index (χ1v) is 5.37. The van der Waals surface area contributed by atoms with Gasteiger partial charge in [0.05, 0.1) is 6.20 Å². The highest BCUT2D eigenvalue weighted by atomic mass is 16.2. The summed E-state index contributed by atoms with van der Waals surface area (Å²) in [5.41, 5.74) is 1.03. The number of hydrogen-bond acceptors (Lipinski definition) is 3. The fourth-order valence-corrected chi connectivity index (χ4v) is 1.48. The Bertz CT molecular complexity index is 527. The first-order valence-electron chi connectivity index (χ1n) is 5.37. The highest BCUT2D eigenvalue weighted by Crippen LogP contribution is 2.09. The molecule has 0 aliphatic heterocycles. The Morgan fingerprint density at radius 2 is 2.29 bits per heavy atom. The summed E-state index contributed by atoms with van der Waals surface area (Å²) in [6.07, 6.45) is 5.34. The molecule has 0 aliphatic rings. The molecule has 1 amide bonds. The molecule has 6 nitrogen and oxygen atoms in total. The maximum Gasteiger partial charge on any atom is 0.250 e. The van der Waals surface area contributed by atoms with Crippen molar-refractivity contribution in [2.75, 3.05) is 5.32 Å². The van der Waals surface area contributed by atoms with Crippen molar-refractivity contribution >= 4 is 11.7 Å². The van der Waals surface area contributed by atoms with E-state index in [0.717, 1.165) is 5.56 Å². The molecule has 0 aromatic carbocycles. The summed E-state index contributed by atoms with van der Waals surface area (Å²) in [6, 6.07) is 1.39. The van der Waals surface area contributed by atoms with Gasteiger partial charge in [0.1, 0.15) is 6.04 Å². The lowest BCUT2D eigenvalue weighted by molar-refractivity contribution is -0.119. The van der Waals surface area contributed by atoms with Gasteiger partial charge in [-0.25, -0.2) is 0 Å². The standard InChI is InChI=1S/C11H15N5O/c1-8-6-12-16(7-8)9(2)11(17)13-10-4-5-15(3)14-10/h4-7,9H,1-3H3,(H,13,14,17). The molecule has 0 spiro atoms. The van der Waals surface area contributed by atoms with E-state index < -0.39 is 0 Å². The van der Waals surface area contributed by atoms with E-state index in [2.05, 4.69) is 15.5 Å². The zero-order chi connectivity index (χ0) is 12.4. The lowest BCUT2D eigenvalue weighted by Gasteiger charge is -2.10. The van der Waals surface area contributed by atoms with Gasteiger partial charge in [0.15, 0.2) is 5.82 Å². The van der Waals surface area contributed by atoms with Gasteiger partial charge in [0.25, 0.3) is 0 Å². The molecule has 0 aliphatic carbocycles. The van der Waals surface area contributed by atoms with Gasteiger partial charge in [-0.05, 0) is 19.4 Å². The smallest absolute Gasteiger partial charge is 0.250 e. The van der Waals surface area contributed by atoms with Crippen LogP contribution in [0.25, 0.3) is 0 Å². The zero-order valence-electron chi connectivity index (χ0n) is 10.1. The van der Waals surface area contributed by atoms with Gasteiger partial charge in [-0.1, -0.05) is 0 Å². The molecular formula is C11H15N5O. The highest BCUT2D eigenvalue weighted by molar-refractivity contribution is 5.92. The van der Waals surface area contributed by atoms with Gasteiger partial charge in [0, 0.05) is 25.5 Å². The van der Waals surface area contributed by atoms with E-state index in [1.165, 1.54) is 0 Å². The Morgan fingerprint density at radius 3 is 2.82 bits per heavy atom. The Morgan fingerprint density at radius 1 is 1.53 bits per heavy atom. The van der Waals surface area contributed by atoms with Crippen LogP contribution in [0.5, 0.6) is 0 Å². The summed E-state index contributed by atoms with van der Waals surface area (Å²) in [5.74, 6) is 0.417. The maximum atomic E-state index is 11.9. The minimum atomic E-state index is -0.356. The van der Waals surface area contributed by atoms with Crippen molar-refractivity contribution in [2.24, 2.45) is 7.05 Å². The van der Waals surface area contributed by atoms with Gasteiger partial charge >= 0.3 is 0 Å². The molecule has 0 fully saturated rings. The van der Waals surface area contributed by atoms with Crippen LogP contribution < -0.4 is 5.32 Å². The molecular weight excluding hydrogens is 218 g/mol. The van der Waals surface area contributed by atoms with E-state index >= 15 is 0 Å². The first kappa shape index (κ1) is 11.4. The number of aryl methyl sites for hydroxylation is 2. The van der Waals surface area contributed by atoms with Gasteiger partial charge in [-0.3, -0.25) is 14.2 Å². The quantitative estimate of drug-likeness (QED) is 0.864. The van der Waals surface area contributed by atoms with E-state index in [1.807, 2.05) is 13.1 Å². The SMILES string of the molecule is Cc1cnn(C(C)C(=O)Nc2ccn(C)n2)c1. The molecule has 0 radical (unpaired) electrons. The van der Waals surface area contributed by atoms with Crippen LogP contribution in [0.15, 0.2) is 24.7 Å². The third kappa shape index (κ3) is 2.52. The van der Waals surface area contributed by atoms with Crippen molar-refractivity contribution in [2.45, 2.75) is 19.9 Å². The molecule has 2 aromatic rings. The number of aromatic nitrogens is 4. The van der Waals surface area contributed by atoms with Gasteiger partial charge in [0.2, 0.25) is 5.91 Å². The minimum absolute atomic E-state index is 0.133. The normalized spacial score (nSPS) is 12.4. The molecule has 2 heterocycles. The summed E-state index contributed by atoms with van der Waals surface area (Å²) in [7, 11) is 1.80. The third-order valence-corrected chi connectivity index (χ3v) is 2.47. The molecule has 0 bridgehead atoms. The second kappa shape index (κ2) is 4.40. The van der Waals surface area contributed by atoms with E-state index in [0.29, 0.717) is 5.82 Å². The molecule has 1 atom stereocenters. The number of nitrogens with one attached hydrogen (secondary N) is 1. The Balaban J connectivity index is 2.05. The lowest BCUT2D eigenvalue weighted by atomic mass is 10.3. The van der Waals surface area contributed by atoms with Crippen LogP contribution in [0, 0.1) is 6.92 Å². The fourth-order valence-electron chi connectivity index (χ4n) is 1.48. The summed E-state index contributed by atoms with van der Waals surface area (Å²) in [5, 5.41) is 10.9. The number of carbonyl (C=O) groups is 1. The molecule has 1 unspecified atom stereocenters. The van der Waals surface area contributed by atoms with Crippen molar-refractivity contribution < 1.29 is 4.79 Å². The van der Waals surface area contributed by atoms with E-state index in [-0.39, 0.29) is 11.9 Å². The predicted molar refractivity (Wildman–Crippen MR) is 63.5 cm³/mol. The molecule has 0 saturated heterocycles. The number of amides is 1. The fraction of sp³-hybridized carbons (Fsp3) is 0.364. The van der Waals surface area contributed by atoms with E-state index in [9.17, 15) is 4.79 Å². The molecule has 6 heteroatoms. The Hall–Kier alpha value is -2.11. The number of rotatable bonds is 3. The zero-order valence-corrected chi connectivity index (χ0v) is 10.1. The van der Waals surface area contributed by atoms with Crippen LogP contribution in [0.1, 0.15) is 18.5 Å². The monoisotopic (exact) mass is 233 g/mol. The van der Waals surface area contributed by atoms with Crippen molar-refractivity contribution in [3.05, 3.63) is 30.2 Å². The van der Waals surface area contributed by atoms with Crippen LogP contribution in [0.3, 0.4) is 0 Å². The van der Waals surface area contributed by atoms with Crippen LogP contribution >= 0.6 is 0 Å². The van der Waals surface area contributed by atoms with E-state index in [4.69, 9.17) is 0 Å². The average molecular weight is 233 g/mol. The van der Waals surface area contributed by atoms with Gasteiger partial charge in [-0.15, -0.1) is 0 Å². The second-order valence-corrected chi connectivity index (χ2v) is 4.04. The molecule has 2 aromatic heterocycles. The van der Waals surface area contributed by atoms with Gasteiger partial charge in [-0.2, -0.15) is 10.2 Å². The van der Waals surface area contributed by atoms with Crippen molar-refractivity contribution in [3.8, 4) is 0 Å². The minimum Gasteiger partial charge on any atom is -0.307 e. The Labute approximate surface area is 99.2 Å². The molecule has 90 valence electrons. The van der Waals surface area contributed by atoms with Crippen LogP contribution in [0.4, 0.5) is 5.82 Å². The van der Waals surface area contributed by atoms with Crippen LogP contribution in [0.2, 0.25) is 0 Å². The average Bonchev–Trinajstić information content (AvgIpc) is 2.87. The maximum absolute atomic E-state index is 11.9. The summed E-state index contributed by atoms with van der Waals surface area (Å²) in [6.45, 7) is 3.73. The molecule has 17 heavy (non-hydrogen) atoms. The molecule has 0 saturated carbocycles. The first-order chi connectivity index (χ1) is 8.06. The largest absolute Gasteiger partial charge is 0.307 e. The second-order valence-electron chi connectivity index (χ2n) is 4.04. The van der Waals surface area contributed by atoms with Crippen LogP contribution in [-0.2, 0) is 11.8 Å². The number of nitrogens with zero attached hydrogens (tertiary/aromatic N) is 4. The summed E-state index contributed by atoms with van der Waals surface area (Å²) in [4.78, 5) is 11.9. The van der Waals surface area contributed by atoms with Crippen LogP contribution in [-0.4, -0.2) is 25.5 Å². The van der Waals surface area contributed by atoms with Crippen molar-refractivity contribution in [1.29, 1.82) is 0 Å². The van der Waals surface area contributed by atoms with Crippen molar-refractivity contribution in [1.82, 2.24) is 19.6 Å². The number of hydrogen-bond donors (Lipinski definition) is 1. The molecule has 2 rings (SSSR count). The van der Waals surface area contributed by atoms with Gasteiger partial charge < -0.3 is 5.32 Å². The lowest BCUT2D eigenvalue weighted by Crippen LogP contribution is -2.24. The highest BCUT2D eigenvalue weighted by Gasteiger charge is 2.16. The number of anilines is 1.